The van der Waals surface area contributed by atoms with Crippen molar-refractivity contribution in [3.63, 3.8) is 0 Å². The number of fused-ring (bicyclic) bond motifs is 19. The molecule has 0 amide bonds. The molecule has 7 heterocycles. The van der Waals surface area contributed by atoms with Crippen molar-refractivity contribution in [2.45, 2.75) is 119 Å². The summed E-state index contributed by atoms with van der Waals surface area (Å²) in [5.41, 5.74) is 22.8. The summed E-state index contributed by atoms with van der Waals surface area (Å²) in [5.74, 6) is 5.55. The first-order chi connectivity index (χ1) is 69.0. The molecule has 0 N–H and O–H groups in total. The molecule has 0 aliphatic carbocycles. The Morgan fingerprint density at radius 1 is 0.248 bits per heavy atom. The van der Waals surface area contributed by atoms with Crippen LogP contribution in [0.5, 0.6) is 0 Å². The number of imidazole rings is 3. The third-order valence-corrected chi connectivity index (χ3v) is 28.3. The Morgan fingerprint density at radius 3 is 1.01 bits per heavy atom. The zero-order valence-electron chi connectivity index (χ0n) is 85.1. The number of aromatic nitrogens is 7. The monoisotopic (exact) mass is 2430 g/mol. The average Bonchev–Trinajstić information content (AvgIpc) is 1.60. The third kappa shape index (κ3) is 18.6. The van der Waals surface area contributed by atoms with Gasteiger partial charge in [-0.05, 0) is 215 Å². The van der Waals surface area contributed by atoms with E-state index in [1.54, 1.807) is 0 Å². The molecule has 0 spiro atoms. The van der Waals surface area contributed by atoms with Crippen molar-refractivity contribution in [1.29, 1.82) is 0 Å². The minimum Gasteiger partial charge on any atom is -0.510 e. The maximum atomic E-state index is 5.47. The van der Waals surface area contributed by atoms with Gasteiger partial charge in [0, 0.05) is 77.1 Å². The van der Waals surface area contributed by atoms with Crippen LogP contribution in [0.2, 0.25) is 0 Å². The summed E-state index contributed by atoms with van der Waals surface area (Å²) >= 11 is 0. The fourth-order valence-electron chi connectivity index (χ4n) is 21.6. The second-order valence-corrected chi connectivity index (χ2v) is 39.5. The van der Waals surface area contributed by atoms with Gasteiger partial charge in [0.1, 0.15) is 17.5 Å². The minimum atomic E-state index is 0. The molecule has 0 bridgehead atoms. The van der Waals surface area contributed by atoms with Crippen LogP contribution in [0.4, 0.5) is 17.1 Å². The molecule has 0 atom stereocenters. The maximum Gasteiger partial charge on any atom is 3.00 e. The van der Waals surface area contributed by atoms with Crippen molar-refractivity contribution in [2.75, 3.05) is 35.8 Å². The fourth-order valence-corrected chi connectivity index (χ4v) is 21.6. The molecule has 0 saturated heterocycles. The van der Waals surface area contributed by atoms with Crippen LogP contribution < -0.4 is 14.7 Å². The number of pyridine rings is 1. The van der Waals surface area contributed by atoms with E-state index in [1.165, 1.54) is 158 Å². The first-order valence-corrected chi connectivity index (χ1v) is 49.6. The Bertz CT molecular complexity index is 8570. The Hall–Kier alpha value is -13.9. The van der Waals surface area contributed by atoms with Gasteiger partial charge in [-0.25, -0.2) is 0 Å². The predicted octanol–water partition coefficient (Wildman–Crippen LogP) is 32.3. The van der Waals surface area contributed by atoms with Crippen molar-refractivity contribution in [3.05, 3.63) is 412 Å². The third-order valence-electron chi connectivity index (χ3n) is 28.3. The van der Waals surface area contributed by atoms with E-state index < -0.39 is 0 Å². The second-order valence-electron chi connectivity index (χ2n) is 39.5. The normalized spacial score (nSPS) is 13.0. The number of benzene rings is 19. The number of rotatable bonds is 12. The van der Waals surface area contributed by atoms with E-state index in [9.17, 15) is 0 Å². The predicted molar refractivity (Wildman–Crippen MR) is 599 cm³/mol. The van der Waals surface area contributed by atoms with Crippen molar-refractivity contribution in [2.24, 2.45) is 21.1 Å². The SMILES string of the molecule is CC(C)c1cccc(C(C)C)c1-c1nc2c3[c-]ccc4ccc5cc6ccccc6c(c5c43)c2n1C.CC(C)c1cccc(C(C)C)c1-c1nc2c3[c-]ccc4ccc5nccc(c5c43)c2n1C.CC(C)c1cccc(C(C)C)c1-c1nc2c3[c-]cccc3c3c4ccccc4c4ccccc4c3c2n1C.CN1C=CN(c2[c-]cccc2)[CH-]1.CN1C=CN(c2[c-]cccc2)[CH-]1.CN1C=CN(c2[c-]cccc2)[CH-]1.[Ir+3].[Ir+3].[Ir+3]. The number of hydrogen-bond donors (Lipinski definition) is 0. The molecular formula is C129H116Ir3N13. The van der Waals surface area contributed by atoms with Gasteiger partial charge in [-0.1, -0.05) is 245 Å². The number of hydrogen-bond acceptors (Lipinski definition) is 10. The van der Waals surface area contributed by atoms with Crippen molar-refractivity contribution >= 4 is 169 Å². The van der Waals surface area contributed by atoms with Gasteiger partial charge in [0.15, 0.2) is 0 Å². The van der Waals surface area contributed by atoms with Gasteiger partial charge >= 0.3 is 60.3 Å². The summed E-state index contributed by atoms with van der Waals surface area (Å²) in [6.45, 7) is 33.3. The Morgan fingerprint density at radius 2 is 0.593 bits per heavy atom. The van der Waals surface area contributed by atoms with Crippen LogP contribution in [0.1, 0.15) is 152 Å². The molecule has 0 saturated carbocycles. The quantitative estimate of drug-likeness (QED) is 0.0670. The van der Waals surface area contributed by atoms with Gasteiger partial charge < -0.3 is 43.1 Å². The first kappa shape index (κ1) is 101. The van der Waals surface area contributed by atoms with Crippen LogP contribution >= 0.6 is 0 Å². The summed E-state index contributed by atoms with van der Waals surface area (Å²) in [4.78, 5) is 33.0. The van der Waals surface area contributed by atoms with Gasteiger partial charge in [-0.3, -0.25) is 19.9 Å². The molecule has 16 heteroatoms. The number of para-hydroxylation sites is 3. The number of nitrogens with zero attached hydrogens (tertiary/aromatic N) is 13. The maximum absolute atomic E-state index is 5.47. The molecule has 13 nitrogen and oxygen atoms in total. The van der Waals surface area contributed by atoms with Crippen molar-refractivity contribution in [3.8, 4) is 34.2 Å². The van der Waals surface area contributed by atoms with Crippen LogP contribution in [0, 0.1) is 56.4 Å². The van der Waals surface area contributed by atoms with Gasteiger partial charge in [0.2, 0.25) is 0 Å². The van der Waals surface area contributed by atoms with Crippen molar-refractivity contribution < 1.29 is 60.3 Å². The fraction of sp³-hybridized carbons (Fsp3) is 0.186. The molecule has 3 aliphatic heterocycles. The Labute approximate surface area is 892 Å². The van der Waals surface area contributed by atoms with E-state index in [2.05, 4.69) is 353 Å². The van der Waals surface area contributed by atoms with E-state index in [0.29, 0.717) is 35.5 Å². The van der Waals surface area contributed by atoms with E-state index >= 15 is 0 Å². The van der Waals surface area contributed by atoms with Gasteiger partial charge in [0.05, 0.1) is 5.52 Å². The van der Waals surface area contributed by atoms with Gasteiger partial charge in [0.25, 0.3) is 0 Å². The van der Waals surface area contributed by atoms with Crippen LogP contribution in [0.25, 0.3) is 186 Å². The standard InChI is InChI=1S/C36H31N2.C34H29N2.C29H26N3.3C10H10N2.3Ir/c1-21(2)23-19-12-20-24(22(3)4)32(23)36-37-34-30-18-11-10-17-29(30)31-27-15-8-6-13-25(27)26-14-7-9-16-28(26)33(31)35(34)38(36)5;1-19(2)24-13-9-14-25(20(3)4)30(24)34-35-32-27-15-8-11-21-16-17-23-18-22-10-6-7-12-26(22)31(29(23)28(21)27)33(32)36(34)5;1-16(2)19-9-7-10-20(17(3)4)25(19)29-31-27-21-11-6-8-18-12-13-23-26(24(18)21)22(14-15-30-23)28(27)32(29)5;3*1-11-7-8-12(9-11)10-5-3-2-4-6-10;;;/h6-17,19-22H,1-5H3;6-14,16-20H,1-5H3;6-10,12-17H,1-5H3;3*2-5,7-9H,1H3;;;/q3*-1;3*-2;3*+3. The summed E-state index contributed by atoms with van der Waals surface area (Å²) < 4.78 is 7.00. The smallest absolute Gasteiger partial charge is 0.510 e. The summed E-state index contributed by atoms with van der Waals surface area (Å²) in [7, 11) is 12.6. The van der Waals surface area contributed by atoms with Crippen LogP contribution in [-0.2, 0) is 81.5 Å². The largest absolute Gasteiger partial charge is 3.00 e. The molecule has 0 radical (unpaired) electrons. The van der Waals surface area contributed by atoms with E-state index in [-0.39, 0.29) is 60.3 Å². The molecule has 0 fully saturated rings. The zero-order valence-corrected chi connectivity index (χ0v) is 92.3. The zero-order chi connectivity index (χ0) is 98.2. The molecule has 3 aliphatic rings. The number of aryl methyl sites for hydroxylation is 3. The van der Waals surface area contributed by atoms with E-state index in [4.69, 9.17) is 15.0 Å². The first-order valence-electron chi connectivity index (χ1n) is 49.6. The van der Waals surface area contributed by atoms with E-state index in [1.807, 2.05) is 199 Å². The Balaban J connectivity index is 0.000000121. The van der Waals surface area contributed by atoms with E-state index in [0.717, 1.165) is 78.3 Å². The van der Waals surface area contributed by atoms with Gasteiger partial charge in [-0.15, -0.1) is 105 Å². The van der Waals surface area contributed by atoms with Crippen molar-refractivity contribution in [1.82, 2.24) is 48.3 Å². The van der Waals surface area contributed by atoms with Crippen LogP contribution in [-0.4, -0.2) is 69.5 Å². The molecule has 724 valence electrons. The number of anilines is 3. The molecular weight excluding hydrogens is 2310 g/mol. The molecule has 26 rings (SSSR count). The topological polar surface area (TPSA) is 85.8 Å². The molecule has 19 aromatic carbocycles. The summed E-state index contributed by atoms with van der Waals surface area (Å²) in [6, 6.07) is 119. The Kier molecular flexibility index (Phi) is 29.6. The minimum absolute atomic E-state index is 0. The van der Waals surface area contributed by atoms with Crippen LogP contribution in [0.3, 0.4) is 0 Å². The molecule has 23 aromatic rings. The summed E-state index contributed by atoms with van der Waals surface area (Å²) in [5, 5.41) is 26.0. The summed E-state index contributed by atoms with van der Waals surface area (Å²) in [6.07, 6.45) is 13.9. The molecule has 145 heavy (non-hydrogen) atoms. The second kappa shape index (κ2) is 42.4. The molecule has 4 aromatic heterocycles. The van der Waals surface area contributed by atoms with Gasteiger partial charge in [-0.2, -0.15) is 111 Å². The van der Waals surface area contributed by atoms with Crippen LogP contribution in [0.15, 0.2) is 322 Å². The molecule has 0 unspecified atom stereocenters. The average molecular weight is 2430 g/mol.